The van der Waals surface area contributed by atoms with Gasteiger partial charge in [0.05, 0.1) is 11.6 Å². The second kappa shape index (κ2) is 6.30. The largest absolute Gasteiger partial charge is 0.379 e. The molecule has 6 heteroatoms. The minimum Gasteiger partial charge on any atom is -0.379 e. The fourth-order valence-electron chi connectivity index (χ4n) is 2.96. The molecule has 0 bridgehead atoms. The van der Waals surface area contributed by atoms with Gasteiger partial charge < -0.3 is 16.4 Å². The molecule has 0 unspecified atom stereocenters. The summed E-state index contributed by atoms with van der Waals surface area (Å²) in [6, 6.07) is 7.88. The Morgan fingerprint density at radius 3 is 3.14 bits per heavy atom. The van der Waals surface area contributed by atoms with Crippen LogP contribution in [-0.2, 0) is 10.3 Å². The average Bonchev–Trinajstić information content (AvgIpc) is 3.01. The molecular weight excluding hydrogens is 296 g/mol. The number of hydrogen-bond acceptors (Lipinski definition) is 5. The summed E-state index contributed by atoms with van der Waals surface area (Å²) >= 11 is 1.60. The van der Waals surface area contributed by atoms with Crippen molar-refractivity contribution in [1.82, 2.24) is 5.32 Å². The van der Waals surface area contributed by atoms with Crippen LogP contribution in [0.15, 0.2) is 29.3 Å². The van der Waals surface area contributed by atoms with E-state index >= 15 is 0 Å². The molecule has 118 valence electrons. The van der Waals surface area contributed by atoms with E-state index in [0.717, 1.165) is 42.8 Å². The van der Waals surface area contributed by atoms with Gasteiger partial charge in [-0.25, -0.2) is 0 Å². The van der Waals surface area contributed by atoms with Gasteiger partial charge in [0, 0.05) is 11.4 Å². The molecule has 0 aromatic heterocycles. The van der Waals surface area contributed by atoms with Crippen LogP contribution in [0.2, 0.25) is 0 Å². The number of aliphatic imine (C=N–C) groups is 1. The Morgan fingerprint density at radius 2 is 2.41 bits per heavy atom. The molecule has 2 aliphatic rings. The molecule has 2 atom stereocenters. The summed E-state index contributed by atoms with van der Waals surface area (Å²) in [7, 11) is 0. The van der Waals surface area contributed by atoms with Crippen molar-refractivity contribution in [2.45, 2.75) is 37.8 Å². The summed E-state index contributed by atoms with van der Waals surface area (Å²) in [6.07, 6.45) is 2.91. The number of amides is 1. The fraction of sp³-hybridized carbons (Fsp3) is 0.500. The molecule has 1 fully saturated rings. The van der Waals surface area contributed by atoms with E-state index in [4.69, 9.17) is 5.73 Å². The highest BCUT2D eigenvalue weighted by Gasteiger charge is 2.30. The van der Waals surface area contributed by atoms with Gasteiger partial charge in [0.15, 0.2) is 5.17 Å². The quantitative estimate of drug-likeness (QED) is 0.797. The standard InChI is InChI=1S/C16H22N4OS/c1-16(7-9-22-15(17)20-16)11-4-2-5-12(10-11)19-14(21)13-6-3-8-18-13/h2,4-5,10,13,18H,3,6-9H2,1H3,(H2,17,20)(H,19,21)/t13-,16+/m1/s1. The van der Waals surface area contributed by atoms with Gasteiger partial charge in [-0.15, -0.1) is 0 Å². The molecule has 2 aliphatic heterocycles. The van der Waals surface area contributed by atoms with Crippen LogP contribution in [0.5, 0.6) is 0 Å². The number of nitrogens with one attached hydrogen (secondary N) is 2. The van der Waals surface area contributed by atoms with Crippen molar-refractivity contribution in [1.29, 1.82) is 0 Å². The Bertz CT molecular complexity index is 598. The lowest BCUT2D eigenvalue weighted by atomic mass is 9.89. The van der Waals surface area contributed by atoms with Crippen molar-refractivity contribution >= 4 is 28.5 Å². The Balaban J connectivity index is 1.77. The van der Waals surface area contributed by atoms with Crippen molar-refractivity contribution < 1.29 is 4.79 Å². The molecule has 1 saturated heterocycles. The highest BCUT2D eigenvalue weighted by molar-refractivity contribution is 8.13. The van der Waals surface area contributed by atoms with Crippen LogP contribution in [-0.4, -0.2) is 29.4 Å². The van der Waals surface area contributed by atoms with E-state index < -0.39 is 0 Å². The van der Waals surface area contributed by atoms with Crippen molar-refractivity contribution in [2.24, 2.45) is 10.7 Å². The summed E-state index contributed by atoms with van der Waals surface area (Å²) in [5.74, 6) is 1.01. The zero-order valence-corrected chi connectivity index (χ0v) is 13.6. The zero-order valence-electron chi connectivity index (χ0n) is 12.8. The SMILES string of the molecule is C[C@@]1(c2cccc(NC(=O)[C@H]3CCCN3)c2)CCSC(N)=N1. The lowest BCUT2D eigenvalue weighted by Gasteiger charge is -2.30. The van der Waals surface area contributed by atoms with Crippen molar-refractivity contribution in [3.05, 3.63) is 29.8 Å². The molecule has 22 heavy (non-hydrogen) atoms. The van der Waals surface area contributed by atoms with E-state index in [0.29, 0.717) is 5.17 Å². The van der Waals surface area contributed by atoms with Gasteiger partial charge in [-0.05, 0) is 50.4 Å². The molecule has 0 radical (unpaired) electrons. The molecule has 0 spiro atoms. The zero-order chi connectivity index (χ0) is 15.6. The Morgan fingerprint density at radius 1 is 1.55 bits per heavy atom. The first-order valence-electron chi connectivity index (χ1n) is 7.70. The number of amidine groups is 1. The van der Waals surface area contributed by atoms with Gasteiger partial charge in [-0.2, -0.15) is 0 Å². The number of nitrogens with zero attached hydrogens (tertiary/aromatic N) is 1. The summed E-state index contributed by atoms with van der Waals surface area (Å²) in [5.41, 5.74) is 7.49. The van der Waals surface area contributed by atoms with Crippen LogP contribution >= 0.6 is 11.8 Å². The summed E-state index contributed by atoms with van der Waals surface area (Å²) in [6.45, 7) is 3.01. The van der Waals surface area contributed by atoms with Gasteiger partial charge >= 0.3 is 0 Å². The van der Waals surface area contributed by atoms with Crippen LogP contribution < -0.4 is 16.4 Å². The van der Waals surface area contributed by atoms with Crippen LogP contribution in [0.4, 0.5) is 5.69 Å². The molecule has 1 aromatic rings. The molecular formula is C16H22N4OS. The van der Waals surface area contributed by atoms with Crippen molar-refractivity contribution in [3.8, 4) is 0 Å². The summed E-state index contributed by atoms with van der Waals surface area (Å²) in [5, 5.41) is 6.86. The topological polar surface area (TPSA) is 79.5 Å². The average molecular weight is 318 g/mol. The molecule has 1 amide bonds. The number of benzene rings is 1. The maximum atomic E-state index is 12.2. The molecule has 3 rings (SSSR count). The predicted octanol–water partition coefficient (Wildman–Crippen LogP) is 2.04. The Kier molecular flexibility index (Phi) is 4.40. The van der Waals surface area contributed by atoms with Gasteiger partial charge in [0.2, 0.25) is 5.91 Å². The molecule has 5 nitrogen and oxygen atoms in total. The Hall–Kier alpha value is -1.53. The third-order valence-electron chi connectivity index (χ3n) is 4.32. The number of carbonyl (C=O) groups is 1. The van der Waals surface area contributed by atoms with Crippen molar-refractivity contribution in [3.63, 3.8) is 0 Å². The van der Waals surface area contributed by atoms with Gasteiger partial charge in [0.25, 0.3) is 0 Å². The number of hydrogen-bond donors (Lipinski definition) is 3. The highest BCUT2D eigenvalue weighted by Crippen LogP contribution is 2.35. The molecule has 0 aliphatic carbocycles. The minimum atomic E-state index is -0.304. The van der Waals surface area contributed by atoms with Crippen molar-refractivity contribution in [2.75, 3.05) is 17.6 Å². The van der Waals surface area contributed by atoms with E-state index in [2.05, 4.69) is 28.6 Å². The van der Waals surface area contributed by atoms with Gasteiger partial charge in [-0.1, -0.05) is 23.9 Å². The number of nitrogens with two attached hydrogens (primary N) is 1. The lowest BCUT2D eigenvalue weighted by Crippen LogP contribution is -2.35. The van der Waals surface area contributed by atoms with Gasteiger partial charge in [-0.3, -0.25) is 9.79 Å². The van der Waals surface area contributed by atoms with E-state index in [1.165, 1.54) is 0 Å². The van der Waals surface area contributed by atoms with E-state index in [9.17, 15) is 4.79 Å². The normalized spacial score (nSPS) is 28.2. The van der Waals surface area contributed by atoms with Crippen LogP contribution in [0.3, 0.4) is 0 Å². The smallest absolute Gasteiger partial charge is 0.241 e. The number of anilines is 1. The third-order valence-corrected chi connectivity index (χ3v) is 5.12. The van der Waals surface area contributed by atoms with Gasteiger partial charge in [0.1, 0.15) is 0 Å². The maximum absolute atomic E-state index is 12.2. The van der Waals surface area contributed by atoms with E-state index in [-0.39, 0.29) is 17.5 Å². The second-order valence-corrected chi connectivity index (χ2v) is 7.16. The fourth-order valence-corrected chi connectivity index (χ4v) is 3.94. The van der Waals surface area contributed by atoms with Crippen LogP contribution in [0.25, 0.3) is 0 Å². The molecule has 4 N–H and O–H groups in total. The van der Waals surface area contributed by atoms with Crippen LogP contribution in [0.1, 0.15) is 31.7 Å². The first-order chi connectivity index (χ1) is 10.6. The molecule has 2 heterocycles. The van der Waals surface area contributed by atoms with E-state index in [1.54, 1.807) is 11.8 Å². The molecule has 1 aromatic carbocycles. The maximum Gasteiger partial charge on any atom is 0.241 e. The first kappa shape index (κ1) is 15.4. The van der Waals surface area contributed by atoms with E-state index in [1.807, 2.05) is 18.2 Å². The monoisotopic (exact) mass is 318 g/mol. The number of thioether (sulfide) groups is 1. The highest BCUT2D eigenvalue weighted by atomic mass is 32.2. The number of rotatable bonds is 3. The predicted molar refractivity (Wildman–Crippen MR) is 92.1 cm³/mol. The summed E-state index contributed by atoms with van der Waals surface area (Å²) in [4.78, 5) is 16.8. The lowest BCUT2D eigenvalue weighted by molar-refractivity contribution is -0.117. The summed E-state index contributed by atoms with van der Waals surface area (Å²) < 4.78 is 0. The second-order valence-electron chi connectivity index (χ2n) is 6.04. The first-order valence-corrected chi connectivity index (χ1v) is 8.68. The minimum absolute atomic E-state index is 0.0435. The number of carbonyl (C=O) groups excluding carboxylic acids is 1. The Labute approximate surface area is 135 Å². The van der Waals surface area contributed by atoms with Crippen LogP contribution in [0, 0.1) is 0 Å². The third kappa shape index (κ3) is 3.28. The molecule has 0 saturated carbocycles.